The van der Waals surface area contributed by atoms with Crippen LogP contribution in [0, 0.1) is 0 Å². The van der Waals surface area contributed by atoms with Crippen molar-refractivity contribution in [2.75, 3.05) is 11.1 Å². The molecule has 0 spiro atoms. The van der Waals surface area contributed by atoms with Gasteiger partial charge in [-0.25, -0.2) is 0 Å². The molecule has 1 aliphatic heterocycles. The second kappa shape index (κ2) is 3.81. The minimum atomic E-state index is 0.233. The maximum atomic E-state index is 6.08. The molecule has 0 amide bonds. The van der Waals surface area contributed by atoms with Gasteiger partial charge in [-0.2, -0.15) is 0 Å². The number of hydrogen-bond acceptors (Lipinski definition) is 5. The van der Waals surface area contributed by atoms with Crippen molar-refractivity contribution in [3.8, 4) is 0 Å². The third-order valence-corrected chi connectivity index (χ3v) is 4.16. The third-order valence-electron chi connectivity index (χ3n) is 1.67. The van der Waals surface area contributed by atoms with Gasteiger partial charge in [0.2, 0.25) is 0 Å². The number of hydrogen-bond donors (Lipinski definition) is 1. The van der Waals surface area contributed by atoms with Gasteiger partial charge in [0, 0.05) is 11.5 Å². The summed E-state index contributed by atoms with van der Waals surface area (Å²) in [6, 6.07) is 0. The quantitative estimate of drug-likeness (QED) is 0.776. The van der Waals surface area contributed by atoms with E-state index in [9.17, 15) is 0 Å². The van der Waals surface area contributed by atoms with Gasteiger partial charge in [-0.05, 0) is 12.2 Å². The Morgan fingerprint density at radius 2 is 2.58 bits per heavy atom. The molecule has 66 valence electrons. The van der Waals surface area contributed by atoms with E-state index in [0.29, 0.717) is 5.37 Å². The highest BCUT2D eigenvalue weighted by Crippen LogP contribution is 2.32. The van der Waals surface area contributed by atoms with E-state index in [2.05, 4.69) is 14.9 Å². The Morgan fingerprint density at radius 1 is 1.67 bits per heavy atom. The number of nitrogens with one attached hydrogen (secondary N) is 1. The average molecular weight is 222 g/mol. The topological polar surface area (TPSA) is 37.8 Å². The summed E-state index contributed by atoms with van der Waals surface area (Å²) in [6.45, 7) is 0. The second-order valence-corrected chi connectivity index (χ2v) is 5.12. The van der Waals surface area contributed by atoms with E-state index >= 15 is 0 Å². The number of halogens is 1. The van der Waals surface area contributed by atoms with Crippen molar-refractivity contribution in [1.29, 1.82) is 0 Å². The molecule has 1 fully saturated rings. The van der Waals surface area contributed by atoms with Crippen LogP contribution >= 0.6 is 34.9 Å². The van der Waals surface area contributed by atoms with Crippen molar-refractivity contribution in [2.45, 2.75) is 17.2 Å². The summed E-state index contributed by atoms with van der Waals surface area (Å²) in [6.07, 6.45) is 2.81. The van der Waals surface area contributed by atoms with Crippen molar-refractivity contribution < 1.29 is 0 Å². The lowest BCUT2D eigenvalue weighted by atomic mass is 10.3. The fraction of sp³-hybridized carbons (Fsp3) is 0.667. The molecule has 2 unspecified atom stereocenters. The van der Waals surface area contributed by atoms with Gasteiger partial charge >= 0.3 is 0 Å². The SMILES string of the molecule is ClC1CCSC1Nc1cnns1. The Kier molecular flexibility index (Phi) is 2.73. The van der Waals surface area contributed by atoms with E-state index in [1.165, 1.54) is 11.5 Å². The molecule has 0 aromatic carbocycles. The molecule has 1 aromatic rings. The summed E-state index contributed by atoms with van der Waals surface area (Å²) in [4.78, 5) is 0. The summed E-state index contributed by atoms with van der Waals surface area (Å²) in [5.74, 6) is 1.14. The number of alkyl halides is 1. The van der Waals surface area contributed by atoms with Crippen LogP contribution in [0.1, 0.15) is 6.42 Å². The Morgan fingerprint density at radius 3 is 3.17 bits per heavy atom. The van der Waals surface area contributed by atoms with Gasteiger partial charge in [0.15, 0.2) is 0 Å². The van der Waals surface area contributed by atoms with Crippen LogP contribution in [0.15, 0.2) is 6.20 Å². The molecular formula is C6H8ClN3S2. The molecule has 0 aliphatic carbocycles. The Balaban J connectivity index is 1.95. The smallest absolute Gasteiger partial charge is 0.130 e. The maximum Gasteiger partial charge on any atom is 0.130 e. The van der Waals surface area contributed by atoms with E-state index in [1.807, 2.05) is 11.8 Å². The van der Waals surface area contributed by atoms with Crippen LogP contribution in [0.3, 0.4) is 0 Å². The number of rotatable bonds is 2. The fourth-order valence-electron chi connectivity index (χ4n) is 1.07. The molecule has 1 aliphatic rings. The molecule has 1 aromatic heterocycles. The van der Waals surface area contributed by atoms with Gasteiger partial charge in [-0.15, -0.1) is 28.5 Å². The van der Waals surface area contributed by atoms with Crippen LogP contribution in [0.25, 0.3) is 0 Å². The van der Waals surface area contributed by atoms with Crippen LogP contribution in [0.5, 0.6) is 0 Å². The van der Waals surface area contributed by atoms with Crippen LogP contribution < -0.4 is 5.32 Å². The standard InChI is InChI=1S/C6H8ClN3S2/c7-4-1-2-11-6(4)9-5-3-8-10-12-5/h3-4,6,9H,1-2H2. The zero-order valence-electron chi connectivity index (χ0n) is 6.24. The molecule has 0 saturated carbocycles. The Labute approximate surface area is 84.1 Å². The van der Waals surface area contributed by atoms with Crippen LogP contribution in [0.4, 0.5) is 5.00 Å². The molecule has 1 N–H and O–H groups in total. The first-order valence-electron chi connectivity index (χ1n) is 3.66. The van der Waals surface area contributed by atoms with Crippen LogP contribution in [-0.2, 0) is 0 Å². The molecule has 0 bridgehead atoms. The van der Waals surface area contributed by atoms with Crippen molar-refractivity contribution >= 4 is 39.9 Å². The first kappa shape index (κ1) is 8.59. The monoisotopic (exact) mass is 221 g/mol. The molecular weight excluding hydrogens is 214 g/mol. The van der Waals surface area contributed by atoms with Gasteiger partial charge in [0.25, 0.3) is 0 Å². The molecule has 2 rings (SSSR count). The summed E-state index contributed by atoms with van der Waals surface area (Å²) in [7, 11) is 0. The highest BCUT2D eigenvalue weighted by atomic mass is 35.5. The van der Waals surface area contributed by atoms with E-state index in [4.69, 9.17) is 11.6 Å². The minimum Gasteiger partial charge on any atom is -0.361 e. The molecule has 6 heteroatoms. The zero-order valence-corrected chi connectivity index (χ0v) is 8.62. The van der Waals surface area contributed by atoms with Crippen molar-refractivity contribution in [3.63, 3.8) is 0 Å². The molecule has 2 heterocycles. The second-order valence-electron chi connectivity index (χ2n) is 2.52. The summed E-state index contributed by atoms with van der Waals surface area (Å²) < 4.78 is 3.77. The first-order chi connectivity index (χ1) is 5.86. The number of anilines is 1. The van der Waals surface area contributed by atoms with Gasteiger partial charge in [0.05, 0.1) is 16.9 Å². The van der Waals surface area contributed by atoms with E-state index in [0.717, 1.165) is 17.2 Å². The number of aromatic nitrogens is 2. The Bertz CT molecular complexity index is 241. The number of thioether (sulfide) groups is 1. The van der Waals surface area contributed by atoms with E-state index in [1.54, 1.807) is 6.20 Å². The lowest BCUT2D eigenvalue weighted by Gasteiger charge is -2.13. The molecule has 1 saturated heterocycles. The maximum absolute atomic E-state index is 6.08. The predicted octanol–water partition coefficient (Wildman–Crippen LogP) is 2.02. The minimum absolute atomic E-state index is 0.233. The largest absolute Gasteiger partial charge is 0.361 e. The van der Waals surface area contributed by atoms with Crippen molar-refractivity contribution in [2.24, 2.45) is 0 Å². The number of nitrogens with zero attached hydrogens (tertiary/aromatic N) is 2. The molecule has 2 atom stereocenters. The average Bonchev–Trinajstić information content (AvgIpc) is 2.65. The summed E-state index contributed by atoms with van der Waals surface area (Å²) in [5, 5.41) is 8.60. The highest BCUT2D eigenvalue weighted by molar-refractivity contribution is 8.00. The summed E-state index contributed by atoms with van der Waals surface area (Å²) >= 11 is 9.30. The predicted molar refractivity (Wildman–Crippen MR) is 54.0 cm³/mol. The zero-order chi connectivity index (χ0) is 8.39. The first-order valence-corrected chi connectivity index (χ1v) is 5.92. The fourth-order valence-corrected chi connectivity index (χ4v) is 3.32. The lowest BCUT2D eigenvalue weighted by molar-refractivity contribution is 0.858. The molecule has 12 heavy (non-hydrogen) atoms. The van der Waals surface area contributed by atoms with Gasteiger partial charge in [-0.1, -0.05) is 4.49 Å². The summed E-state index contributed by atoms with van der Waals surface area (Å²) in [5.41, 5.74) is 0. The molecule has 0 radical (unpaired) electrons. The highest BCUT2D eigenvalue weighted by Gasteiger charge is 2.25. The lowest BCUT2D eigenvalue weighted by Crippen LogP contribution is -2.20. The van der Waals surface area contributed by atoms with E-state index in [-0.39, 0.29) is 5.38 Å². The molecule has 3 nitrogen and oxygen atoms in total. The van der Waals surface area contributed by atoms with Crippen LogP contribution in [0.2, 0.25) is 0 Å². The Hall–Kier alpha value is -0.000000000000000139. The van der Waals surface area contributed by atoms with Crippen molar-refractivity contribution in [3.05, 3.63) is 6.20 Å². The normalized spacial score (nSPS) is 29.1. The van der Waals surface area contributed by atoms with Gasteiger partial charge in [-0.3, -0.25) is 0 Å². The third kappa shape index (κ3) is 1.84. The van der Waals surface area contributed by atoms with Gasteiger partial charge in [0.1, 0.15) is 5.00 Å². The van der Waals surface area contributed by atoms with Gasteiger partial charge < -0.3 is 5.32 Å². The van der Waals surface area contributed by atoms with Crippen molar-refractivity contribution in [1.82, 2.24) is 9.59 Å². The van der Waals surface area contributed by atoms with Crippen LogP contribution in [-0.4, -0.2) is 26.1 Å². The van der Waals surface area contributed by atoms with E-state index < -0.39 is 0 Å².